The van der Waals surface area contributed by atoms with Crippen LogP contribution in [0, 0.1) is 18.8 Å². The molecule has 12 aromatic rings. The number of hydrogen-bond acceptors (Lipinski definition) is 4. The molecule has 0 saturated heterocycles. The Morgan fingerprint density at radius 1 is 0.443 bits per heavy atom. The largest absolute Gasteiger partial charge is 0.509 e. The zero-order valence-corrected chi connectivity index (χ0v) is 54.2. The maximum atomic E-state index is 6.86. The Balaban J connectivity index is 0.00000680. The van der Waals surface area contributed by atoms with Crippen LogP contribution >= 0.6 is 0 Å². The van der Waals surface area contributed by atoms with Crippen LogP contribution in [0.25, 0.3) is 61.0 Å². The van der Waals surface area contributed by atoms with E-state index in [-0.39, 0.29) is 42.7 Å². The molecule has 0 saturated carbocycles. The zero-order valence-electron chi connectivity index (χ0n) is 52.0. The summed E-state index contributed by atoms with van der Waals surface area (Å²) in [5.74, 6) is 2.02. The van der Waals surface area contributed by atoms with Crippen LogP contribution in [-0.2, 0) is 48.1 Å². The third kappa shape index (κ3) is 8.85. The molecule has 0 N–H and O–H groups in total. The molecule has 0 bridgehead atoms. The molecular weight excluding hydrogens is 1250 g/mol. The van der Waals surface area contributed by atoms with Crippen molar-refractivity contribution in [3.8, 4) is 50.7 Å². The van der Waals surface area contributed by atoms with Crippen LogP contribution in [-0.4, -0.2) is 9.55 Å². The Morgan fingerprint density at radius 3 is 1.68 bits per heavy atom. The number of rotatable bonds is 7. The number of benzene rings is 10. The van der Waals surface area contributed by atoms with Crippen molar-refractivity contribution in [1.82, 2.24) is 9.55 Å². The fraction of sp³-hybridized carbons (Fsp3) is 0.195. The summed E-state index contributed by atoms with van der Waals surface area (Å²) in [6.45, 7) is 27.8. The molecule has 1 aliphatic heterocycles. The third-order valence-corrected chi connectivity index (χ3v) is 18.9. The van der Waals surface area contributed by atoms with Crippen molar-refractivity contribution in [2.45, 2.75) is 103 Å². The fourth-order valence-corrected chi connectivity index (χ4v) is 14.5. The quantitative estimate of drug-likeness (QED) is 0.149. The second-order valence-corrected chi connectivity index (χ2v) is 27.7. The normalized spacial score (nSPS) is 14.5. The van der Waals surface area contributed by atoms with Crippen LogP contribution in [0.5, 0.6) is 11.5 Å². The summed E-state index contributed by atoms with van der Waals surface area (Å²) in [7, 11) is 0. The molecule has 6 heteroatoms. The number of aromatic nitrogens is 2. The number of pyridine rings is 1. The van der Waals surface area contributed by atoms with Gasteiger partial charge in [-0.2, -0.15) is 12.1 Å². The average Bonchev–Trinajstić information content (AvgIpc) is 1.41. The molecule has 15 rings (SSSR count). The van der Waals surface area contributed by atoms with Gasteiger partial charge in [-0.3, -0.25) is 0 Å². The van der Waals surface area contributed by atoms with Crippen molar-refractivity contribution < 1.29 is 25.8 Å². The van der Waals surface area contributed by atoms with Gasteiger partial charge < -0.3 is 19.1 Å². The summed E-state index contributed by atoms with van der Waals surface area (Å²) in [4.78, 5) is 9.64. The van der Waals surface area contributed by atoms with Gasteiger partial charge in [0, 0.05) is 77.9 Å². The Kier molecular flexibility index (Phi) is 13.4. The van der Waals surface area contributed by atoms with Crippen molar-refractivity contribution in [3.05, 3.63) is 293 Å². The topological polar surface area (TPSA) is 33.5 Å². The van der Waals surface area contributed by atoms with E-state index in [0.717, 1.165) is 61.5 Å². The third-order valence-electron chi connectivity index (χ3n) is 18.9. The minimum atomic E-state index is -0.547. The number of hydrogen-bond donors (Lipinski definition) is 0. The standard InChI is InChI=1S/C82H71N4O.Pt/c1-78(2,3)53-43-44-83-75(48-53)86-71-38-19-13-27-60(71)61-42-41-58(50-74(61)86)87-57-26-22-25-56(49-57)84-51-85(73-40-21-20-39-72(73)84)77-59(52-45-54(79(4,5)6)47-55(46-52)80(7,8)9)29-23-31-63(77)62-30-24-37-70-76(62)64-28-12-14-32-65(64)82(70)68-35-17-15-33-66(68)81(10,11)67-34-16-18-36-69(67)82;/h12-48,51H,1-11H3;/q-3;. The van der Waals surface area contributed by atoms with E-state index in [2.05, 4.69) is 316 Å². The van der Waals surface area contributed by atoms with Crippen LogP contribution < -0.4 is 14.5 Å². The molecule has 10 aromatic carbocycles. The summed E-state index contributed by atoms with van der Waals surface area (Å²) in [6, 6.07) is 88.4. The van der Waals surface area contributed by atoms with Gasteiger partial charge in [-0.1, -0.05) is 239 Å². The Bertz CT molecular complexity index is 4690. The van der Waals surface area contributed by atoms with Gasteiger partial charge in [0.15, 0.2) is 0 Å². The minimum Gasteiger partial charge on any atom is -0.509 e. The first-order valence-electron chi connectivity index (χ1n) is 30.7. The predicted molar refractivity (Wildman–Crippen MR) is 361 cm³/mol. The van der Waals surface area contributed by atoms with E-state index in [1.807, 2.05) is 18.3 Å². The first kappa shape index (κ1) is 57.0. The summed E-state index contributed by atoms with van der Waals surface area (Å²) < 4.78 is 9.07. The average molecular weight is 1320 g/mol. The van der Waals surface area contributed by atoms with E-state index in [1.165, 1.54) is 72.3 Å². The van der Waals surface area contributed by atoms with Gasteiger partial charge in [0.2, 0.25) is 0 Å². The summed E-state index contributed by atoms with van der Waals surface area (Å²) in [6.07, 6.45) is 1.91. The van der Waals surface area contributed by atoms with E-state index >= 15 is 0 Å². The Morgan fingerprint density at radius 2 is 0.989 bits per heavy atom. The molecule has 0 fully saturated rings. The number of ether oxygens (including phenoxy) is 1. The summed E-state index contributed by atoms with van der Waals surface area (Å²) >= 11 is 0. The van der Waals surface area contributed by atoms with Crippen molar-refractivity contribution in [2.75, 3.05) is 9.80 Å². The Labute approximate surface area is 533 Å². The van der Waals surface area contributed by atoms with E-state index < -0.39 is 5.41 Å². The Hall–Kier alpha value is -8.76. The van der Waals surface area contributed by atoms with E-state index in [0.29, 0.717) is 11.5 Å². The predicted octanol–water partition coefficient (Wildman–Crippen LogP) is 21.2. The van der Waals surface area contributed by atoms with E-state index in [1.54, 1.807) is 0 Å². The number of para-hydroxylation sites is 4. The fourth-order valence-electron chi connectivity index (χ4n) is 14.5. The molecule has 88 heavy (non-hydrogen) atoms. The van der Waals surface area contributed by atoms with Crippen molar-refractivity contribution in [3.63, 3.8) is 0 Å². The van der Waals surface area contributed by atoms with Gasteiger partial charge >= 0.3 is 0 Å². The first-order valence-corrected chi connectivity index (χ1v) is 30.7. The maximum absolute atomic E-state index is 6.86. The molecule has 438 valence electrons. The molecule has 0 radical (unpaired) electrons. The second-order valence-electron chi connectivity index (χ2n) is 27.7. The van der Waals surface area contributed by atoms with Crippen molar-refractivity contribution in [1.29, 1.82) is 0 Å². The van der Waals surface area contributed by atoms with E-state index in [9.17, 15) is 0 Å². The maximum Gasteiger partial charge on any atom is 0.135 e. The molecule has 2 aliphatic carbocycles. The first-order chi connectivity index (χ1) is 41.8. The molecule has 3 heterocycles. The molecule has 2 aromatic heterocycles. The molecule has 0 atom stereocenters. The van der Waals surface area contributed by atoms with Crippen LogP contribution in [0.15, 0.2) is 225 Å². The van der Waals surface area contributed by atoms with Gasteiger partial charge in [0.1, 0.15) is 5.82 Å². The van der Waals surface area contributed by atoms with Crippen LogP contribution in [0.4, 0.5) is 22.7 Å². The summed E-state index contributed by atoms with van der Waals surface area (Å²) in [5.41, 5.74) is 24.1. The van der Waals surface area contributed by atoms with Crippen molar-refractivity contribution in [2.24, 2.45) is 0 Å². The molecule has 5 nitrogen and oxygen atoms in total. The summed E-state index contributed by atoms with van der Waals surface area (Å²) in [5, 5.41) is 2.22. The molecule has 3 aliphatic rings. The van der Waals surface area contributed by atoms with Gasteiger partial charge in [0.25, 0.3) is 0 Å². The monoisotopic (exact) mass is 1320 g/mol. The van der Waals surface area contributed by atoms with Crippen LogP contribution in [0.2, 0.25) is 0 Å². The number of fused-ring (bicyclic) bond motifs is 13. The SMILES string of the molecule is CC(C)(C)c1cc(-c2cccc(-c3cccc4c3-c3ccccc3C43c4ccccc4C(C)(C)c4ccccc43)c2N2[CH-]N(c3[c-]c(Oc4[c-]c5c(cc4)c4ccccc4n5-c4cc(C(C)(C)C)ccn4)ccc3)c3ccccc32)cc(C(C)(C)C)c1.[Pt]. The molecule has 0 unspecified atom stereocenters. The van der Waals surface area contributed by atoms with Crippen molar-refractivity contribution >= 4 is 44.6 Å². The second kappa shape index (κ2) is 20.7. The minimum absolute atomic E-state index is 0. The molecule has 1 spiro atoms. The van der Waals surface area contributed by atoms with Crippen LogP contribution in [0.1, 0.15) is 126 Å². The van der Waals surface area contributed by atoms with Crippen LogP contribution in [0.3, 0.4) is 0 Å². The number of nitrogens with zero attached hydrogens (tertiary/aromatic N) is 4. The van der Waals surface area contributed by atoms with E-state index in [4.69, 9.17) is 9.72 Å². The zero-order chi connectivity index (χ0) is 59.9. The van der Waals surface area contributed by atoms with Gasteiger partial charge in [-0.25, -0.2) is 4.98 Å². The molecule has 0 amide bonds. The molecular formula is C82H71N4OPt-3. The smallest absolute Gasteiger partial charge is 0.135 e. The van der Waals surface area contributed by atoms with Gasteiger partial charge in [0.05, 0.1) is 5.41 Å². The van der Waals surface area contributed by atoms with Gasteiger partial charge in [-0.05, 0) is 124 Å². The van der Waals surface area contributed by atoms with Gasteiger partial charge in [-0.15, -0.1) is 48.1 Å². The number of anilines is 4.